The molecule has 0 radical (unpaired) electrons. The van der Waals surface area contributed by atoms with Crippen molar-refractivity contribution in [2.45, 2.75) is 109 Å². The van der Waals surface area contributed by atoms with Crippen molar-refractivity contribution in [1.82, 2.24) is 24.5 Å². The van der Waals surface area contributed by atoms with Gasteiger partial charge in [0.1, 0.15) is 0 Å². The van der Waals surface area contributed by atoms with Crippen molar-refractivity contribution in [2.24, 2.45) is 5.92 Å². The molecule has 2 aromatic rings. The highest BCUT2D eigenvalue weighted by Crippen LogP contribution is 2.46. The lowest BCUT2D eigenvalue weighted by Crippen LogP contribution is -2.54. The summed E-state index contributed by atoms with van der Waals surface area (Å²) in [5.74, 6) is -0.194. The van der Waals surface area contributed by atoms with Crippen LogP contribution in [-0.4, -0.2) is 114 Å². The topological polar surface area (TPSA) is 79.4 Å². The molecule has 1 N–H and O–H groups in total. The molecular weight excluding hydrogens is 637 g/mol. The number of piperidine rings is 2. The molecule has 0 saturated carbocycles. The molecule has 0 spiro atoms. The number of piperazine rings is 1. The summed E-state index contributed by atoms with van der Waals surface area (Å²) in [6.07, 6.45) is 6.60. The number of nitrogens with zero attached hydrogens (tertiary/aromatic N) is 5. The summed E-state index contributed by atoms with van der Waals surface area (Å²) in [6.45, 7) is 17.1. The lowest BCUT2D eigenvalue weighted by molar-refractivity contribution is -0.143. The number of likely N-dealkylation sites (tertiary alicyclic amines) is 2. The molecule has 3 saturated heterocycles. The van der Waals surface area contributed by atoms with Crippen LogP contribution in [-0.2, 0) is 33.4 Å². The highest BCUT2D eigenvalue weighted by Gasteiger charge is 2.39. The Kier molecular flexibility index (Phi) is 10.2. The maximum atomic E-state index is 14.4. The molecule has 2 aromatic carbocycles. The van der Waals surface area contributed by atoms with Crippen LogP contribution in [0.3, 0.4) is 0 Å². The Labute approximate surface area is 305 Å². The number of fused-ring (bicyclic) bond motifs is 2. The van der Waals surface area contributed by atoms with Crippen LogP contribution >= 0.6 is 0 Å². The fraction of sp³-hybridized carbons (Fsp3) is 0.643. The van der Waals surface area contributed by atoms with Crippen molar-refractivity contribution in [3.63, 3.8) is 0 Å². The quantitative estimate of drug-likeness (QED) is 0.393. The number of anilines is 1. The van der Waals surface area contributed by atoms with Gasteiger partial charge in [-0.3, -0.25) is 14.5 Å². The van der Waals surface area contributed by atoms with E-state index in [1.165, 1.54) is 17.5 Å². The average molecular weight is 697 g/mol. The van der Waals surface area contributed by atoms with Crippen molar-refractivity contribution in [3.05, 3.63) is 64.7 Å². The second kappa shape index (κ2) is 14.5. The standard InChI is InChI=1S/C42H60N6O3/c1-41(2)16-17-42(3,4)36-27-30(10-11-35(36)41)26-32(39(50)47-20-12-33(13-21-47)45-24-22-44(5)23-25-45)28-38(49)46-18-14-34(15-19-46)48-29-31-8-6-7-9-37(31)43-40(48)51/h6-11,27,32-34H,12-26,28-29H2,1-5H3,(H,43,51). The number of urea groups is 1. The predicted octanol–water partition coefficient (Wildman–Crippen LogP) is 5.86. The normalized spacial score (nSPS) is 23.7. The number of rotatable bonds is 7. The number of para-hydroxylation sites is 1. The van der Waals surface area contributed by atoms with Gasteiger partial charge in [0.05, 0.1) is 5.92 Å². The summed E-state index contributed by atoms with van der Waals surface area (Å²) in [4.78, 5) is 52.5. The first-order valence-corrected chi connectivity index (χ1v) is 19.7. The Morgan fingerprint density at radius 2 is 1.41 bits per heavy atom. The van der Waals surface area contributed by atoms with Crippen LogP contribution in [0.1, 0.15) is 94.9 Å². The zero-order valence-electron chi connectivity index (χ0n) is 31.8. The number of amides is 4. The highest BCUT2D eigenvalue weighted by atomic mass is 16.2. The number of hydrogen-bond donors (Lipinski definition) is 1. The Hall–Kier alpha value is -3.43. The van der Waals surface area contributed by atoms with Gasteiger partial charge >= 0.3 is 6.03 Å². The molecule has 51 heavy (non-hydrogen) atoms. The third kappa shape index (κ3) is 7.71. The minimum absolute atomic E-state index is 0.0582. The van der Waals surface area contributed by atoms with E-state index in [9.17, 15) is 14.4 Å². The van der Waals surface area contributed by atoms with Crippen LogP contribution in [0.2, 0.25) is 0 Å². The van der Waals surface area contributed by atoms with Crippen LogP contribution in [0.25, 0.3) is 0 Å². The van der Waals surface area contributed by atoms with Gasteiger partial charge in [0, 0.05) is 83.1 Å². The molecule has 3 fully saturated rings. The maximum Gasteiger partial charge on any atom is 0.322 e. The first kappa shape index (κ1) is 36.0. The monoisotopic (exact) mass is 696 g/mol. The van der Waals surface area contributed by atoms with E-state index in [2.05, 4.69) is 79.0 Å². The number of carbonyl (C=O) groups is 3. The molecule has 7 rings (SSSR count). The summed E-state index contributed by atoms with van der Waals surface area (Å²) in [5, 5.41) is 3.05. The molecule has 0 aromatic heterocycles. The number of likely N-dealkylation sites (N-methyl/N-ethyl adjacent to an activating group) is 1. The van der Waals surface area contributed by atoms with Gasteiger partial charge in [-0.05, 0) is 91.1 Å². The summed E-state index contributed by atoms with van der Waals surface area (Å²) < 4.78 is 0. The van der Waals surface area contributed by atoms with Crippen molar-refractivity contribution in [1.29, 1.82) is 0 Å². The van der Waals surface area contributed by atoms with Crippen molar-refractivity contribution >= 4 is 23.5 Å². The SMILES string of the molecule is CN1CCN(C2CCN(C(=O)C(CC(=O)N3CCC(N4Cc5ccccc5NC4=O)CC3)Cc3ccc4c(c3)C(C)(C)CCC4(C)C)CC2)CC1. The van der Waals surface area contributed by atoms with E-state index < -0.39 is 5.92 Å². The lowest BCUT2D eigenvalue weighted by atomic mass is 9.63. The van der Waals surface area contributed by atoms with Gasteiger partial charge in [0.2, 0.25) is 11.8 Å². The van der Waals surface area contributed by atoms with Crippen LogP contribution in [0.15, 0.2) is 42.5 Å². The van der Waals surface area contributed by atoms with E-state index >= 15 is 0 Å². The minimum atomic E-state index is -0.391. The van der Waals surface area contributed by atoms with Crippen LogP contribution < -0.4 is 5.32 Å². The fourth-order valence-electron chi connectivity index (χ4n) is 9.47. The molecule has 4 aliphatic heterocycles. The van der Waals surface area contributed by atoms with Crippen LogP contribution in [0.4, 0.5) is 10.5 Å². The van der Waals surface area contributed by atoms with E-state index in [0.29, 0.717) is 32.1 Å². The number of nitrogens with one attached hydrogen (secondary N) is 1. The van der Waals surface area contributed by atoms with Gasteiger partial charge in [-0.15, -0.1) is 0 Å². The largest absolute Gasteiger partial charge is 0.343 e. The second-order valence-corrected chi connectivity index (χ2v) is 17.5. The average Bonchev–Trinajstić information content (AvgIpc) is 3.13. The zero-order valence-corrected chi connectivity index (χ0v) is 31.8. The van der Waals surface area contributed by atoms with Crippen LogP contribution in [0, 0.1) is 5.92 Å². The molecule has 9 nitrogen and oxygen atoms in total. The molecule has 4 amide bonds. The molecule has 9 heteroatoms. The molecule has 4 heterocycles. The molecule has 5 aliphatic rings. The van der Waals surface area contributed by atoms with Crippen molar-refractivity contribution < 1.29 is 14.4 Å². The van der Waals surface area contributed by atoms with E-state index in [0.717, 1.165) is 88.2 Å². The van der Waals surface area contributed by atoms with Gasteiger partial charge < -0.3 is 24.9 Å². The van der Waals surface area contributed by atoms with Gasteiger partial charge in [-0.2, -0.15) is 0 Å². The highest BCUT2D eigenvalue weighted by molar-refractivity contribution is 5.92. The van der Waals surface area contributed by atoms with Crippen molar-refractivity contribution in [2.75, 3.05) is 64.7 Å². The first-order chi connectivity index (χ1) is 24.4. The Balaban J connectivity index is 1.03. The fourth-order valence-corrected chi connectivity index (χ4v) is 9.47. The molecule has 1 aliphatic carbocycles. The van der Waals surface area contributed by atoms with Gasteiger partial charge in [0.25, 0.3) is 0 Å². The molecule has 1 atom stereocenters. The number of benzene rings is 2. The summed E-state index contributed by atoms with van der Waals surface area (Å²) in [6, 6.07) is 15.4. The Morgan fingerprint density at radius 1 is 0.784 bits per heavy atom. The second-order valence-electron chi connectivity index (χ2n) is 17.5. The maximum absolute atomic E-state index is 14.4. The van der Waals surface area contributed by atoms with E-state index in [1.807, 2.05) is 28.0 Å². The summed E-state index contributed by atoms with van der Waals surface area (Å²) in [5.41, 5.74) is 6.20. The number of carbonyl (C=O) groups excluding carboxylic acids is 3. The van der Waals surface area contributed by atoms with Crippen molar-refractivity contribution in [3.8, 4) is 0 Å². The summed E-state index contributed by atoms with van der Waals surface area (Å²) in [7, 11) is 2.19. The van der Waals surface area contributed by atoms with E-state index in [-0.39, 0.29) is 41.1 Å². The molecule has 0 bridgehead atoms. The lowest BCUT2D eigenvalue weighted by Gasteiger charge is -2.43. The molecular formula is C42H60N6O3. The Bertz CT molecular complexity index is 1600. The zero-order chi connectivity index (χ0) is 35.9. The molecule has 1 unspecified atom stereocenters. The molecule has 276 valence electrons. The smallest absolute Gasteiger partial charge is 0.322 e. The third-order valence-electron chi connectivity index (χ3n) is 13.1. The van der Waals surface area contributed by atoms with Gasteiger partial charge in [-0.1, -0.05) is 64.1 Å². The van der Waals surface area contributed by atoms with Gasteiger partial charge in [-0.25, -0.2) is 4.79 Å². The Morgan fingerprint density at radius 3 is 2.12 bits per heavy atom. The van der Waals surface area contributed by atoms with E-state index in [4.69, 9.17) is 0 Å². The van der Waals surface area contributed by atoms with Gasteiger partial charge in [0.15, 0.2) is 0 Å². The summed E-state index contributed by atoms with van der Waals surface area (Å²) >= 11 is 0. The third-order valence-corrected chi connectivity index (χ3v) is 13.1. The van der Waals surface area contributed by atoms with E-state index in [1.54, 1.807) is 0 Å². The predicted molar refractivity (Wildman–Crippen MR) is 203 cm³/mol. The minimum Gasteiger partial charge on any atom is -0.343 e. The first-order valence-electron chi connectivity index (χ1n) is 19.7. The van der Waals surface area contributed by atoms with Crippen LogP contribution in [0.5, 0.6) is 0 Å². The number of hydrogen-bond acceptors (Lipinski definition) is 5.